The Balaban J connectivity index is 2.63. The summed E-state index contributed by atoms with van der Waals surface area (Å²) in [6.07, 6.45) is 0.505. The standard InChI is InChI=1S/C14H9F5INO2/c1-23-12(22)8-4-5-13(16,17)14(18,19)11(8)21-10-3-2-7(20)6-9(10)15/h2-6,8H,1H3. The van der Waals surface area contributed by atoms with Gasteiger partial charge in [-0.1, -0.05) is 6.08 Å². The zero-order chi connectivity index (χ0) is 17.4. The van der Waals surface area contributed by atoms with E-state index in [1.54, 1.807) is 22.6 Å². The molecule has 1 aliphatic rings. The molecule has 1 aromatic carbocycles. The van der Waals surface area contributed by atoms with Gasteiger partial charge in [0.2, 0.25) is 0 Å². The van der Waals surface area contributed by atoms with E-state index >= 15 is 0 Å². The molecule has 23 heavy (non-hydrogen) atoms. The van der Waals surface area contributed by atoms with Crippen LogP contribution < -0.4 is 0 Å². The van der Waals surface area contributed by atoms with Crippen molar-refractivity contribution in [1.82, 2.24) is 0 Å². The van der Waals surface area contributed by atoms with Crippen molar-refractivity contribution >= 4 is 40.0 Å². The molecule has 0 amide bonds. The van der Waals surface area contributed by atoms with E-state index in [2.05, 4.69) is 9.73 Å². The van der Waals surface area contributed by atoms with Crippen molar-refractivity contribution in [3.8, 4) is 0 Å². The first kappa shape index (κ1) is 17.8. The largest absolute Gasteiger partial charge is 0.468 e. The highest BCUT2D eigenvalue weighted by molar-refractivity contribution is 14.1. The predicted octanol–water partition coefficient (Wildman–Crippen LogP) is 4.13. The minimum absolute atomic E-state index is 0.0715. The first-order chi connectivity index (χ1) is 10.6. The van der Waals surface area contributed by atoms with E-state index in [0.717, 1.165) is 19.2 Å². The SMILES string of the molecule is COC(=O)C1C=CC(F)(F)C(F)(F)C1=Nc1ccc(I)cc1F. The number of aliphatic imine (C=N–C) groups is 1. The number of ether oxygens (including phenoxy) is 1. The Morgan fingerprint density at radius 1 is 1.30 bits per heavy atom. The summed E-state index contributed by atoms with van der Waals surface area (Å²) in [6.45, 7) is 0. The van der Waals surface area contributed by atoms with Gasteiger partial charge in [-0.2, -0.15) is 17.6 Å². The van der Waals surface area contributed by atoms with Crippen LogP contribution in [0.25, 0.3) is 0 Å². The highest BCUT2D eigenvalue weighted by Gasteiger charge is 2.63. The van der Waals surface area contributed by atoms with Crippen molar-refractivity contribution in [3.05, 3.63) is 39.7 Å². The number of methoxy groups -OCH3 is 1. The summed E-state index contributed by atoms with van der Waals surface area (Å²) < 4.78 is 73.6. The molecule has 0 bridgehead atoms. The van der Waals surface area contributed by atoms with Gasteiger partial charge in [-0.25, -0.2) is 9.38 Å². The third-order valence-corrected chi connectivity index (χ3v) is 3.81. The van der Waals surface area contributed by atoms with E-state index in [-0.39, 0.29) is 6.08 Å². The van der Waals surface area contributed by atoms with Crippen LogP contribution in [0.2, 0.25) is 0 Å². The third-order valence-electron chi connectivity index (χ3n) is 3.14. The Labute approximate surface area is 141 Å². The average Bonchev–Trinajstić information content (AvgIpc) is 2.46. The summed E-state index contributed by atoms with van der Waals surface area (Å²) in [5.74, 6) is -13.3. The van der Waals surface area contributed by atoms with Crippen LogP contribution in [0, 0.1) is 15.3 Å². The molecule has 0 aromatic heterocycles. The maximum atomic E-state index is 14.0. The minimum Gasteiger partial charge on any atom is -0.468 e. The summed E-state index contributed by atoms with van der Waals surface area (Å²) in [6, 6.07) is 3.43. The molecule has 0 saturated carbocycles. The smallest absolute Gasteiger partial charge is 0.352 e. The number of halogens is 6. The van der Waals surface area contributed by atoms with Crippen LogP contribution in [-0.2, 0) is 9.53 Å². The van der Waals surface area contributed by atoms with Gasteiger partial charge >= 0.3 is 17.8 Å². The number of benzene rings is 1. The zero-order valence-electron chi connectivity index (χ0n) is 11.5. The van der Waals surface area contributed by atoms with E-state index in [4.69, 9.17) is 0 Å². The van der Waals surface area contributed by atoms with E-state index in [1.807, 2.05) is 0 Å². The number of allylic oxidation sites excluding steroid dienone is 1. The van der Waals surface area contributed by atoms with Crippen molar-refractivity contribution in [3.63, 3.8) is 0 Å². The molecule has 0 aliphatic heterocycles. The lowest BCUT2D eigenvalue weighted by Gasteiger charge is -2.31. The number of esters is 1. The fraction of sp³-hybridized carbons (Fsp3) is 0.286. The van der Waals surface area contributed by atoms with Gasteiger partial charge in [0, 0.05) is 3.57 Å². The number of carbonyl (C=O) groups excluding carboxylic acids is 1. The topological polar surface area (TPSA) is 38.7 Å². The van der Waals surface area contributed by atoms with Gasteiger partial charge < -0.3 is 4.74 Å². The fourth-order valence-corrected chi connectivity index (χ4v) is 2.39. The van der Waals surface area contributed by atoms with Gasteiger partial charge in [-0.3, -0.25) is 4.79 Å². The van der Waals surface area contributed by atoms with Crippen molar-refractivity contribution in [2.24, 2.45) is 10.9 Å². The molecule has 0 saturated heterocycles. The Bertz CT molecular complexity index is 702. The summed E-state index contributed by atoms with van der Waals surface area (Å²) in [7, 11) is 0.921. The van der Waals surface area contributed by atoms with Gasteiger partial charge in [0.05, 0.1) is 12.8 Å². The molecule has 0 fully saturated rings. The Morgan fingerprint density at radius 3 is 2.52 bits per heavy atom. The average molecular weight is 445 g/mol. The molecule has 124 valence electrons. The maximum Gasteiger partial charge on any atom is 0.352 e. The third kappa shape index (κ3) is 3.24. The van der Waals surface area contributed by atoms with E-state index in [1.165, 1.54) is 6.07 Å². The van der Waals surface area contributed by atoms with E-state index in [9.17, 15) is 26.7 Å². The molecule has 0 N–H and O–H groups in total. The highest BCUT2D eigenvalue weighted by Crippen LogP contribution is 2.43. The van der Waals surface area contributed by atoms with Crippen molar-refractivity contribution < 1.29 is 31.5 Å². The van der Waals surface area contributed by atoms with Crippen molar-refractivity contribution in [1.29, 1.82) is 0 Å². The van der Waals surface area contributed by atoms with Gasteiger partial charge in [-0.05, 0) is 46.9 Å². The van der Waals surface area contributed by atoms with Crippen LogP contribution in [0.4, 0.5) is 27.6 Å². The van der Waals surface area contributed by atoms with Crippen LogP contribution in [0.3, 0.4) is 0 Å². The zero-order valence-corrected chi connectivity index (χ0v) is 13.7. The second-order valence-electron chi connectivity index (χ2n) is 4.65. The molecule has 0 radical (unpaired) electrons. The summed E-state index contributed by atoms with van der Waals surface area (Å²) in [5, 5.41) is 0. The molecule has 0 spiro atoms. The lowest BCUT2D eigenvalue weighted by atomic mass is 9.87. The number of hydrogen-bond acceptors (Lipinski definition) is 3. The van der Waals surface area contributed by atoms with Gasteiger partial charge in [0.1, 0.15) is 17.4 Å². The van der Waals surface area contributed by atoms with E-state index in [0.29, 0.717) is 9.65 Å². The van der Waals surface area contributed by atoms with Gasteiger partial charge in [0.15, 0.2) is 0 Å². The molecule has 1 aliphatic carbocycles. The lowest BCUT2D eigenvalue weighted by molar-refractivity contribution is -0.149. The van der Waals surface area contributed by atoms with Gasteiger partial charge in [-0.15, -0.1) is 0 Å². The molecule has 0 heterocycles. The molecular weight excluding hydrogens is 436 g/mol. The molecule has 1 atom stereocenters. The van der Waals surface area contributed by atoms with Crippen LogP contribution >= 0.6 is 22.6 Å². The monoisotopic (exact) mass is 445 g/mol. The highest BCUT2D eigenvalue weighted by atomic mass is 127. The molecule has 3 nitrogen and oxygen atoms in total. The fourth-order valence-electron chi connectivity index (χ4n) is 1.94. The van der Waals surface area contributed by atoms with Crippen LogP contribution in [-0.4, -0.2) is 30.6 Å². The second-order valence-corrected chi connectivity index (χ2v) is 5.90. The number of nitrogens with zero attached hydrogens (tertiary/aromatic N) is 1. The Morgan fingerprint density at radius 2 is 1.96 bits per heavy atom. The van der Waals surface area contributed by atoms with Crippen LogP contribution in [0.1, 0.15) is 0 Å². The van der Waals surface area contributed by atoms with Crippen LogP contribution in [0.5, 0.6) is 0 Å². The summed E-state index contributed by atoms with van der Waals surface area (Å²) >= 11 is 1.78. The van der Waals surface area contributed by atoms with Crippen molar-refractivity contribution in [2.45, 2.75) is 11.8 Å². The molecular formula is C14H9F5INO2. The summed E-state index contributed by atoms with van der Waals surface area (Å²) in [5.41, 5.74) is -2.03. The van der Waals surface area contributed by atoms with Gasteiger partial charge in [0.25, 0.3) is 0 Å². The van der Waals surface area contributed by atoms with E-state index < -0.39 is 40.9 Å². The number of hydrogen-bond donors (Lipinski definition) is 0. The predicted molar refractivity (Wildman–Crippen MR) is 80.8 cm³/mol. The number of carbonyl (C=O) groups is 1. The lowest BCUT2D eigenvalue weighted by Crippen LogP contribution is -2.52. The summed E-state index contributed by atoms with van der Waals surface area (Å²) in [4.78, 5) is 14.9. The molecule has 1 aromatic rings. The van der Waals surface area contributed by atoms with Crippen LogP contribution in [0.15, 0.2) is 35.3 Å². The quantitative estimate of drug-likeness (QED) is 0.297. The number of rotatable bonds is 2. The second kappa shape index (κ2) is 6.17. The molecule has 1 unspecified atom stereocenters. The normalized spacial score (nSPS) is 23.8. The maximum absolute atomic E-state index is 14.0. The molecule has 9 heteroatoms. The Hall–Kier alpha value is -1.52. The number of alkyl halides is 4. The van der Waals surface area contributed by atoms with Crippen molar-refractivity contribution in [2.75, 3.05) is 7.11 Å². The first-order valence-electron chi connectivity index (χ1n) is 6.17. The first-order valence-corrected chi connectivity index (χ1v) is 7.25. The Kier molecular flexibility index (Phi) is 4.79. The minimum atomic E-state index is -4.75. The molecule has 2 rings (SSSR count).